The Hall–Kier alpha value is -1.97. The number of carbonyl (C=O) groups excluding carboxylic acids is 2. The Balaban J connectivity index is 1.99. The van der Waals surface area contributed by atoms with Crippen molar-refractivity contribution in [2.75, 3.05) is 32.0 Å². The molecule has 0 radical (unpaired) electrons. The van der Waals surface area contributed by atoms with Crippen LogP contribution in [-0.2, 0) is 19.6 Å². The van der Waals surface area contributed by atoms with E-state index in [1.165, 1.54) is 38.2 Å². The van der Waals surface area contributed by atoms with Crippen molar-refractivity contribution < 1.29 is 18.0 Å². The van der Waals surface area contributed by atoms with Gasteiger partial charge in [0, 0.05) is 25.7 Å². The van der Waals surface area contributed by atoms with E-state index in [4.69, 9.17) is 0 Å². The molecule has 1 aliphatic heterocycles. The lowest BCUT2D eigenvalue weighted by Gasteiger charge is -2.30. The van der Waals surface area contributed by atoms with E-state index >= 15 is 0 Å². The van der Waals surface area contributed by atoms with Gasteiger partial charge in [-0.05, 0) is 49.7 Å². The van der Waals surface area contributed by atoms with Gasteiger partial charge in [-0.1, -0.05) is 6.92 Å². The predicted molar refractivity (Wildman–Crippen MR) is 99.1 cm³/mol. The molecule has 2 amide bonds. The topological polar surface area (TPSA) is 108 Å². The van der Waals surface area contributed by atoms with E-state index in [9.17, 15) is 18.0 Å². The molecule has 2 atom stereocenters. The molecule has 0 bridgehead atoms. The van der Waals surface area contributed by atoms with Crippen LogP contribution in [0.4, 0.5) is 5.69 Å². The maximum Gasteiger partial charge on any atom is 0.243 e. The third-order valence-electron chi connectivity index (χ3n) is 4.38. The fourth-order valence-corrected chi connectivity index (χ4v) is 3.99. The van der Waals surface area contributed by atoms with Crippen molar-refractivity contribution in [1.29, 1.82) is 0 Å². The van der Waals surface area contributed by atoms with Crippen LogP contribution in [-0.4, -0.2) is 57.3 Å². The number of sulfonamides is 1. The van der Waals surface area contributed by atoms with Gasteiger partial charge in [0.25, 0.3) is 0 Å². The Morgan fingerprint density at radius 3 is 2.50 bits per heavy atom. The zero-order chi connectivity index (χ0) is 19.3. The molecule has 1 aromatic carbocycles. The third-order valence-corrected chi connectivity index (χ3v) is 6.20. The summed E-state index contributed by atoms with van der Waals surface area (Å²) in [4.78, 5) is 23.3. The fraction of sp³-hybridized carbons (Fsp3) is 0.529. The Labute approximate surface area is 154 Å². The number of nitrogens with one attached hydrogen (secondary N) is 3. The third kappa shape index (κ3) is 5.26. The highest BCUT2D eigenvalue weighted by Crippen LogP contribution is 2.17. The first kappa shape index (κ1) is 20.3. The zero-order valence-electron chi connectivity index (χ0n) is 15.3. The highest BCUT2D eigenvalue weighted by Gasteiger charge is 2.26. The second-order valence-electron chi connectivity index (χ2n) is 6.61. The molecule has 26 heavy (non-hydrogen) atoms. The minimum Gasteiger partial charge on any atom is -0.352 e. The molecule has 2 rings (SSSR count). The number of nitrogens with zero attached hydrogens (tertiary/aromatic N) is 1. The summed E-state index contributed by atoms with van der Waals surface area (Å²) in [6.45, 7) is 4.85. The zero-order valence-corrected chi connectivity index (χ0v) is 16.1. The van der Waals surface area contributed by atoms with Gasteiger partial charge in [-0.2, -0.15) is 4.31 Å². The van der Waals surface area contributed by atoms with Crippen LogP contribution in [0, 0.1) is 5.92 Å². The fourth-order valence-electron chi connectivity index (χ4n) is 2.86. The normalized spacial score (nSPS) is 20.6. The van der Waals surface area contributed by atoms with Crippen molar-refractivity contribution in [3.05, 3.63) is 24.3 Å². The average molecular weight is 382 g/mol. The molecule has 1 saturated heterocycles. The first-order chi connectivity index (χ1) is 12.2. The quantitative estimate of drug-likeness (QED) is 0.659. The summed E-state index contributed by atoms with van der Waals surface area (Å²) in [6.07, 6.45) is 0.827. The van der Waals surface area contributed by atoms with Gasteiger partial charge in [0.15, 0.2) is 0 Å². The lowest BCUT2D eigenvalue weighted by molar-refractivity contribution is -0.122. The van der Waals surface area contributed by atoms with Crippen molar-refractivity contribution in [3.63, 3.8) is 0 Å². The van der Waals surface area contributed by atoms with Crippen LogP contribution in [0.25, 0.3) is 0 Å². The number of hydrogen-bond acceptors (Lipinski definition) is 5. The minimum atomic E-state index is -3.79. The van der Waals surface area contributed by atoms with Crippen LogP contribution >= 0.6 is 0 Å². The molecule has 3 N–H and O–H groups in total. The Bertz CT molecular complexity index is 749. The number of hydrogen-bond donors (Lipinski definition) is 3. The molecule has 1 heterocycles. The number of benzene rings is 1. The SMILES string of the molecule is CC(=O)Nc1ccc(S(=O)(=O)N(C)CC(=O)NC2CCNCC2C)cc1. The molecule has 1 aliphatic rings. The molecule has 0 aliphatic carbocycles. The number of rotatable bonds is 6. The van der Waals surface area contributed by atoms with Crippen LogP contribution < -0.4 is 16.0 Å². The van der Waals surface area contributed by atoms with Crippen molar-refractivity contribution in [1.82, 2.24) is 14.9 Å². The van der Waals surface area contributed by atoms with E-state index in [2.05, 4.69) is 16.0 Å². The first-order valence-electron chi connectivity index (χ1n) is 8.54. The van der Waals surface area contributed by atoms with Crippen LogP contribution in [0.3, 0.4) is 0 Å². The Kier molecular flexibility index (Phi) is 6.74. The monoisotopic (exact) mass is 382 g/mol. The molecule has 8 nitrogen and oxygen atoms in total. The second-order valence-corrected chi connectivity index (χ2v) is 8.66. The number of carbonyl (C=O) groups is 2. The highest BCUT2D eigenvalue weighted by molar-refractivity contribution is 7.89. The largest absolute Gasteiger partial charge is 0.352 e. The number of piperidine rings is 1. The summed E-state index contributed by atoms with van der Waals surface area (Å²) in [5.41, 5.74) is 0.511. The molecule has 144 valence electrons. The van der Waals surface area contributed by atoms with Crippen LogP contribution in [0.15, 0.2) is 29.2 Å². The molecule has 1 aromatic rings. The van der Waals surface area contributed by atoms with Gasteiger partial charge >= 0.3 is 0 Å². The molecule has 0 aromatic heterocycles. The van der Waals surface area contributed by atoms with E-state index in [-0.39, 0.29) is 29.3 Å². The molecular formula is C17H26N4O4S. The molecule has 2 unspecified atom stereocenters. The van der Waals surface area contributed by atoms with Gasteiger partial charge in [-0.15, -0.1) is 0 Å². The standard InChI is InChI=1S/C17H26N4O4S/c1-12-10-18-9-8-16(12)20-17(23)11-21(3)26(24,25)15-6-4-14(5-7-15)19-13(2)22/h4-7,12,16,18H,8-11H2,1-3H3,(H,19,22)(H,20,23). The van der Waals surface area contributed by atoms with Crippen molar-refractivity contribution in [3.8, 4) is 0 Å². The van der Waals surface area contributed by atoms with Crippen LogP contribution in [0.1, 0.15) is 20.3 Å². The van der Waals surface area contributed by atoms with Gasteiger partial charge < -0.3 is 16.0 Å². The van der Waals surface area contributed by atoms with Gasteiger partial charge in [0.1, 0.15) is 0 Å². The van der Waals surface area contributed by atoms with E-state index in [1.54, 1.807) is 0 Å². The average Bonchev–Trinajstić information content (AvgIpc) is 2.57. The molecule has 0 spiro atoms. The van der Waals surface area contributed by atoms with Crippen molar-refractivity contribution >= 4 is 27.5 Å². The molecule has 1 fully saturated rings. The van der Waals surface area contributed by atoms with Gasteiger partial charge in [-0.3, -0.25) is 9.59 Å². The number of amides is 2. The number of likely N-dealkylation sites (N-methyl/N-ethyl adjacent to an activating group) is 1. The van der Waals surface area contributed by atoms with E-state index in [0.29, 0.717) is 11.6 Å². The number of anilines is 1. The molecule has 9 heteroatoms. The summed E-state index contributed by atoms with van der Waals surface area (Å²) < 4.78 is 26.2. The Morgan fingerprint density at radius 2 is 1.92 bits per heavy atom. The van der Waals surface area contributed by atoms with E-state index in [1.807, 2.05) is 6.92 Å². The summed E-state index contributed by atoms with van der Waals surface area (Å²) in [5, 5.41) is 8.76. The maximum atomic E-state index is 12.6. The van der Waals surface area contributed by atoms with E-state index in [0.717, 1.165) is 23.8 Å². The Morgan fingerprint density at radius 1 is 1.27 bits per heavy atom. The summed E-state index contributed by atoms with van der Waals surface area (Å²) >= 11 is 0. The lowest BCUT2D eigenvalue weighted by atomic mass is 9.95. The van der Waals surface area contributed by atoms with Crippen molar-refractivity contribution in [2.45, 2.75) is 31.2 Å². The van der Waals surface area contributed by atoms with Crippen LogP contribution in [0.2, 0.25) is 0 Å². The highest BCUT2D eigenvalue weighted by atomic mass is 32.2. The molecule has 0 saturated carbocycles. The van der Waals surface area contributed by atoms with Gasteiger partial charge in [-0.25, -0.2) is 8.42 Å². The van der Waals surface area contributed by atoms with Gasteiger partial charge in [0.05, 0.1) is 11.4 Å². The predicted octanol–water partition coefficient (Wildman–Crippen LogP) is 0.380. The first-order valence-corrected chi connectivity index (χ1v) is 9.98. The molecular weight excluding hydrogens is 356 g/mol. The summed E-state index contributed by atoms with van der Waals surface area (Å²) in [6, 6.07) is 5.89. The maximum absolute atomic E-state index is 12.6. The van der Waals surface area contributed by atoms with E-state index < -0.39 is 10.0 Å². The summed E-state index contributed by atoms with van der Waals surface area (Å²) in [5.74, 6) is -0.248. The van der Waals surface area contributed by atoms with Crippen molar-refractivity contribution in [2.24, 2.45) is 5.92 Å². The summed E-state index contributed by atoms with van der Waals surface area (Å²) in [7, 11) is -2.41. The van der Waals surface area contributed by atoms with Gasteiger partial charge in [0.2, 0.25) is 21.8 Å². The lowest BCUT2D eigenvalue weighted by Crippen LogP contribution is -2.50. The smallest absolute Gasteiger partial charge is 0.243 e. The van der Waals surface area contributed by atoms with Crippen LogP contribution in [0.5, 0.6) is 0 Å². The second kappa shape index (κ2) is 8.61. The minimum absolute atomic E-state index is 0.0526.